The van der Waals surface area contributed by atoms with Crippen LogP contribution >= 0.6 is 0 Å². The Morgan fingerprint density at radius 3 is 2.57 bits per heavy atom. The average Bonchev–Trinajstić information content (AvgIpc) is 3.24. The number of nitrogens with one attached hydrogen (secondary N) is 3. The Balaban J connectivity index is 1.60. The molecule has 0 radical (unpaired) electrons. The molecule has 0 saturated carbocycles. The predicted octanol–water partition coefficient (Wildman–Crippen LogP) is 2.49. The predicted molar refractivity (Wildman–Crippen MR) is 103 cm³/mol. The van der Waals surface area contributed by atoms with Crippen molar-refractivity contribution in [3.05, 3.63) is 59.7 Å². The van der Waals surface area contributed by atoms with E-state index in [-0.39, 0.29) is 30.0 Å². The number of carbonyl (C=O) groups excluding carboxylic acids is 1. The second kappa shape index (κ2) is 7.69. The molecule has 3 aromatic rings. The molecular weight excluding hydrogens is 364 g/mol. The molecule has 1 saturated heterocycles. The van der Waals surface area contributed by atoms with E-state index in [9.17, 15) is 18.7 Å². The maximum absolute atomic E-state index is 13.8. The van der Waals surface area contributed by atoms with Crippen LogP contribution in [0.4, 0.5) is 8.78 Å². The highest BCUT2D eigenvalue weighted by Gasteiger charge is 2.26. The first-order chi connectivity index (χ1) is 13.5. The number of rotatable bonds is 5. The first-order valence-electron chi connectivity index (χ1n) is 9.25. The highest BCUT2D eigenvalue weighted by atomic mass is 19.1. The van der Waals surface area contributed by atoms with Gasteiger partial charge in [-0.2, -0.15) is 0 Å². The monoisotopic (exact) mass is 385 g/mol. The van der Waals surface area contributed by atoms with Gasteiger partial charge < -0.3 is 20.7 Å². The quantitative estimate of drug-likeness (QED) is 0.545. The summed E-state index contributed by atoms with van der Waals surface area (Å²) < 4.78 is 27.1. The third kappa shape index (κ3) is 3.76. The Kier molecular flexibility index (Phi) is 5.11. The van der Waals surface area contributed by atoms with Crippen LogP contribution in [0.1, 0.15) is 12.0 Å². The summed E-state index contributed by atoms with van der Waals surface area (Å²) in [5, 5.41) is 16.4. The molecular formula is C21H21F2N3O2. The van der Waals surface area contributed by atoms with Crippen molar-refractivity contribution in [2.75, 3.05) is 13.1 Å². The minimum Gasteiger partial charge on any atom is -0.390 e. The van der Waals surface area contributed by atoms with Gasteiger partial charge in [0.15, 0.2) is 0 Å². The highest BCUT2D eigenvalue weighted by molar-refractivity contribution is 5.91. The van der Waals surface area contributed by atoms with Crippen molar-refractivity contribution in [2.24, 2.45) is 0 Å². The third-order valence-electron chi connectivity index (χ3n) is 5.13. The van der Waals surface area contributed by atoms with E-state index in [1.165, 1.54) is 24.3 Å². The van der Waals surface area contributed by atoms with E-state index in [1.54, 1.807) is 18.2 Å². The fourth-order valence-electron chi connectivity index (χ4n) is 3.67. The summed E-state index contributed by atoms with van der Waals surface area (Å²) in [5.41, 5.74) is 3.08. The molecule has 2 aromatic carbocycles. The number of aliphatic hydroxyl groups is 1. The van der Waals surface area contributed by atoms with E-state index in [2.05, 4.69) is 15.6 Å². The van der Waals surface area contributed by atoms with Crippen LogP contribution < -0.4 is 10.6 Å². The van der Waals surface area contributed by atoms with Gasteiger partial charge in [-0.3, -0.25) is 4.79 Å². The summed E-state index contributed by atoms with van der Waals surface area (Å²) in [7, 11) is 0. The van der Waals surface area contributed by atoms with Crippen molar-refractivity contribution in [2.45, 2.75) is 25.0 Å². The van der Waals surface area contributed by atoms with E-state index < -0.39 is 6.10 Å². The zero-order valence-electron chi connectivity index (χ0n) is 15.1. The molecule has 7 heteroatoms. The second-order valence-electron chi connectivity index (χ2n) is 7.07. The smallest absolute Gasteiger partial charge is 0.220 e. The molecule has 4 rings (SSSR count). The van der Waals surface area contributed by atoms with Crippen molar-refractivity contribution < 1.29 is 18.7 Å². The number of hydrogen-bond donors (Lipinski definition) is 4. The van der Waals surface area contributed by atoms with Crippen LogP contribution in [0.2, 0.25) is 0 Å². The summed E-state index contributed by atoms with van der Waals surface area (Å²) in [6, 6.07) is 10.2. The largest absolute Gasteiger partial charge is 0.390 e. The molecule has 2 atom stereocenters. The van der Waals surface area contributed by atoms with Crippen LogP contribution in [0.5, 0.6) is 0 Å². The number of carbonyl (C=O) groups is 1. The zero-order chi connectivity index (χ0) is 19.7. The second-order valence-corrected chi connectivity index (χ2v) is 7.07. The topological polar surface area (TPSA) is 77.2 Å². The third-order valence-corrected chi connectivity index (χ3v) is 5.13. The molecule has 0 unspecified atom stereocenters. The number of β-amino-alcohol motifs (C(OH)–C–C–N with tert-alkyl or cyclic N) is 1. The lowest BCUT2D eigenvalue weighted by atomic mass is 10.0. The molecule has 1 aromatic heterocycles. The number of aryl methyl sites for hydroxylation is 1. The zero-order valence-corrected chi connectivity index (χ0v) is 15.1. The molecule has 1 fully saturated rings. The number of hydrogen-bond acceptors (Lipinski definition) is 3. The number of aliphatic hydroxyl groups excluding tert-OH is 1. The Morgan fingerprint density at radius 2 is 1.86 bits per heavy atom. The average molecular weight is 385 g/mol. The summed E-state index contributed by atoms with van der Waals surface area (Å²) >= 11 is 0. The number of aromatic amines is 1. The first-order valence-corrected chi connectivity index (χ1v) is 9.25. The number of H-pyrrole nitrogens is 1. The molecule has 146 valence electrons. The van der Waals surface area contributed by atoms with Gasteiger partial charge in [-0.05, 0) is 60.0 Å². The first kappa shape index (κ1) is 18.6. The van der Waals surface area contributed by atoms with E-state index in [1.807, 2.05) is 0 Å². The normalized spacial score (nSPS) is 19.2. The standard InChI is InChI=1S/C21H21F2N3O2/c22-13-3-1-12(2-4-13)21-15(16-9-14(23)5-7-17(16)26-21)6-8-20(28)25-18-10-24-11-19(18)27/h1-5,7,9,18-19,24,26-27H,6,8,10-11H2,(H,25,28)/t18-,19-/m0/s1. The molecule has 4 N–H and O–H groups in total. The van der Waals surface area contributed by atoms with E-state index in [4.69, 9.17) is 0 Å². The maximum Gasteiger partial charge on any atom is 0.220 e. The van der Waals surface area contributed by atoms with E-state index in [0.717, 1.165) is 22.3 Å². The Hall–Kier alpha value is -2.77. The lowest BCUT2D eigenvalue weighted by Crippen LogP contribution is -2.42. The minimum absolute atomic E-state index is 0.177. The Bertz CT molecular complexity index is 1000. The number of benzene rings is 2. The molecule has 0 spiro atoms. The minimum atomic E-state index is -0.596. The van der Waals surface area contributed by atoms with Gasteiger partial charge in [0.2, 0.25) is 5.91 Å². The van der Waals surface area contributed by atoms with Gasteiger partial charge >= 0.3 is 0 Å². The van der Waals surface area contributed by atoms with Crippen LogP contribution in [0, 0.1) is 11.6 Å². The number of aromatic nitrogens is 1. The van der Waals surface area contributed by atoms with Crippen LogP contribution in [0.15, 0.2) is 42.5 Å². The van der Waals surface area contributed by atoms with Gasteiger partial charge in [0.05, 0.1) is 12.1 Å². The SMILES string of the molecule is O=C(CCc1c(-c2ccc(F)cc2)[nH]c2ccc(F)cc12)N[C@H]1CNC[C@@H]1O. The summed E-state index contributed by atoms with van der Waals surface area (Å²) in [5.74, 6) is -0.873. The van der Waals surface area contributed by atoms with E-state index >= 15 is 0 Å². The van der Waals surface area contributed by atoms with Crippen LogP contribution in [0.25, 0.3) is 22.2 Å². The summed E-state index contributed by atoms with van der Waals surface area (Å²) in [4.78, 5) is 15.6. The Labute approximate surface area is 160 Å². The van der Waals surface area contributed by atoms with Gasteiger partial charge in [-0.1, -0.05) is 0 Å². The Morgan fingerprint density at radius 1 is 1.11 bits per heavy atom. The van der Waals surface area contributed by atoms with Crippen LogP contribution in [-0.2, 0) is 11.2 Å². The lowest BCUT2D eigenvalue weighted by Gasteiger charge is -2.15. The number of fused-ring (bicyclic) bond motifs is 1. The molecule has 28 heavy (non-hydrogen) atoms. The highest BCUT2D eigenvalue weighted by Crippen LogP contribution is 2.32. The number of amides is 1. The van der Waals surface area contributed by atoms with E-state index in [0.29, 0.717) is 24.9 Å². The van der Waals surface area contributed by atoms with Crippen molar-refractivity contribution in [1.82, 2.24) is 15.6 Å². The lowest BCUT2D eigenvalue weighted by molar-refractivity contribution is -0.122. The fraction of sp³-hybridized carbons (Fsp3) is 0.286. The van der Waals surface area contributed by atoms with Crippen molar-refractivity contribution in [3.8, 4) is 11.3 Å². The van der Waals surface area contributed by atoms with Crippen molar-refractivity contribution >= 4 is 16.8 Å². The summed E-state index contributed by atoms with van der Waals surface area (Å²) in [6.45, 7) is 0.993. The molecule has 0 aliphatic carbocycles. The van der Waals surface area contributed by atoms with Gasteiger partial charge in [0.1, 0.15) is 11.6 Å². The fourth-order valence-corrected chi connectivity index (χ4v) is 3.67. The van der Waals surface area contributed by atoms with Crippen molar-refractivity contribution in [1.29, 1.82) is 0 Å². The van der Waals surface area contributed by atoms with Crippen LogP contribution in [0.3, 0.4) is 0 Å². The molecule has 1 aliphatic rings. The summed E-state index contributed by atoms with van der Waals surface area (Å²) in [6.07, 6.45) is -0.0139. The molecule has 1 amide bonds. The molecule has 0 bridgehead atoms. The van der Waals surface area contributed by atoms with Gasteiger partial charge in [-0.25, -0.2) is 8.78 Å². The van der Waals surface area contributed by atoms with Gasteiger partial charge in [0, 0.05) is 36.1 Å². The van der Waals surface area contributed by atoms with Crippen LogP contribution in [-0.4, -0.2) is 41.2 Å². The molecule has 1 aliphatic heterocycles. The number of halogens is 2. The molecule has 5 nitrogen and oxygen atoms in total. The van der Waals surface area contributed by atoms with Gasteiger partial charge in [0.25, 0.3) is 0 Å². The maximum atomic E-state index is 13.8. The van der Waals surface area contributed by atoms with Crippen molar-refractivity contribution in [3.63, 3.8) is 0 Å². The van der Waals surface area contributed by atoms with Gasteiger partial charge in [-0.15, -0.1) is 0 Å². The molecule has 2 heterocycles.